The summed E-state index contributed by atoms with van der Waals surface area (Å²) in [6.07, 6.45) is 1.74. The van der Waals surface area contributed by atoms with Crippen LogP contribution in [-0.4, -0.2) is 24.5 Å². The molecule has 2 aromatic rings. The predicted octanol–water partition coefficient (Wildman–Crippen LogP) is 3.93. The maximum absolute atomic E-state index is 12.6. The van der Waals surface area contributed by atoms with E-state index in [1.807, 2.05) is 67.7 Å². The molecular formula is C18H20N2O. The second-order valence-electron chi connectivity index (χ2n) is 4.86. The Kier molecular flexibility index (Phi) is 5.16. The van der Waals surface area contributed by atoms with Gasteiger partial charge in [-0.15, -0.1) is 6.58 Å². The summed E-state index contributed by atoms with van der Waals surface area (Å²) in [6, 6.07) is 19.6. The van der Waals surface area contributed by atoms with E-state index < -0.39 is 0 Å². The van der Waals surface area contributed by atoms with Crippen LogP contribution in [0.3, 0.4) is 0 Å². The largest absolute Gasteiger partial charge is 0.324 e. The van der Waals surface area contributed by atoms with Crippen molar-refractivity contribution in [1.82, 2.24) is 4.90 Å². The minimum atomic E-state index is -0.0371. The Balaban J connectivity index is 2.13. The zero-order valence-corrected chi connectivity index (χ0v) is 12.3. The maximum Gasteiger partial charge on any atom is 0.324 e. The Morgan fingerprint density at radius 2 is 1.62 bits per heavy atom. The fourth-order valence-electron chi connectivity index (χ4n) is 2.16. The lowest BCUT2D eigenvalue weighted by Gasteiger charge is -2.27. The van der Waals surface area contributed by atoms with Crippen molar-refractivity contribution >= 4 is 11.7 Å². The fraction of sp³-hybridized carbons (Fsp3) is 0.167. The van der Waals surface area contributed by atoms with Crippen LogP contribution < -0.4 is 4.90 Å². The number of benzene rings is 2. The van der Waals surface area contributed by atoms with Crippen LogP contribution in [0.5, 0.6) is 0 Å². The summed E-state index contributed by atoms with van der Waals surface area (Å²) in [5, 5.41) is 0. The third-order valence-electron chi connectivity index (χ3n) is 3.20. The van der Waals surface area contributed by atoms with Crippen molar-refractivity contribution in [2.75, 3.05) is 18.5 Å². The quantitative estimate of drug-likeness (QED) is 0.761. The molecule has 0 N–H and O–H groups in total. The summed E-state index contributed by atoms with van der Waals surface area (Å²) in [7, 11) is 1.81. The number of carbonyl (C=O) groups excluding carboxylic acids is 1. The molecule has 0 aliphatic carbocycles. The van der Waals surface area contributed by atoms with Gasteiger partial charge in [0.2, 0.25) is 0 Å². The van der Waals surface area contributed by atoms with Crippen LogP contribution in [0.2, 0.25) is 0 Å². The molecule has 0 saturated heterocycles. The SMILES string of the molecule is C=CCN(C(=O)N(C)Cc1ccccc1)c1ccccc1. The smallest absolute Gasteiger partial charge is 0.323 e. The second kappa shape index (κ2) is 7.29. The lowest BCUT2D eigenvalue weighted by Crippen LogP contribution is -2.41. The van der Waals surface area contributed by atoms with Gasteiger partial charge in [0.15, 0.2) is 0 Å². The average molecular weight is 280 g/mol. The zero-order chi connectivity index (χ0) is 15.1. The molecule has 3 nitrogen and oxygen atoms in total. The molecule has 2 amide bonds. The average Bonchev–Trinajstić information content (AvgIpc) is 2.53. The molecule has 2 aromatic carbocycles. The molecule has 0 radical (unpaired) electrons. The number of anilines is 1. The van der Waals surface area contributed by atoms with Crippen LogP contribution in [0, 0.1) is 0 Å². The van der Waals surface area contributed by atoms with Crippen molar-refractivity contribution in [3.63, 3.8) is 0 Å². The van der Waals surface area contributed by atoms with Crippen LogP contribution in [0.4, 0.5) is 10.5 Å². The van der Waals surface area contributed by atoms with Gasteiger partial charge in [0.1, 0.15) is 0 Å². The van der Waals surface area contributed by atoms with Crippen LogP contribution in [0.15, 0.2) is 73.3 Å². The van der Waals surface area contributed by atoms with Crippen LogP contribution in [0.1, 0.15) is 5.56 Å². The van der Waals surface area contributed by atoms with Crippen molar-refractivity contribution < 1.29 is 4.79 Å². The third kappa shape index (κ3) is 3.96. The molecule has 0 saturated carbocycles. The van der Waals surface area contributed by atoms with Crippen molar-refractivity contribution in [2.24, 2.45) is 0 Å². The van der Waals surface area contributed by atoms with E-state index in [1.165, 1.54) is 0 Å². The van der Waals surface area contributed by atoms with E-state index in [9.17, 15) is 4.79 Å². The van der Waals surface area contributed by atoms with Gasteiger partial charge in [-0.2, -0.15) is 0 Å². The van der Waals surface area contributed by atoms with E-state index in [0.29, 0.717) is 13.1 Å². The number of amides is 2. The van der Waals surface area contributed by atoms with Gasteiger partial charge < -0.3 is 4.90 Å². The first-order chi connectivity index (χ1) is 10.2. The monoisotopic (exact) mass is 280 g/mol. The first-order valence-corrected chi connectivity index (χ1v) is 6.95. The summed E-state index contributed by atoms with van der Waals surface area (Å²) in [4.78, 5) is 16.1. The van der Waals surface area contributed by atoms with Crippen molar-refractivity contribution in [2.45, 2.75) is 6.54 Å². The molecule has 0 fully saturated rings. The van der Waals surface area contributed by atoms with Gasteiger partial charge in [-0.25, -0.2) is 4.79 Å². The number of para-hydroxylation sites is 1. The lowest BCUT2D eigenvalue weighted by atomic mass is 10.2. The van der Waals surface area contributed by atoms with Gasteiger partial charge in [-0.1, -0.05) is 54.6 Å². The van der Waals surface area contributed by atoms with E-state index in [4.69, 9.17) is 0 Å². The summed E-state index contributed by atoms with van der Waals surface area (Å²) in [6.45, 7) is 4.81. The summed E-state index contributed by atoms with van der Waals surface area (Å²) < 4.78 is 0. The Labute approximate surface area is 126 Å². The Morgan fingerprint density at radius 1 is 1.05 bits per heavy atom. The highest BCUT2D eigenvalue weighted by molar-refractivity contribution is 5.92. The molecule has 0 heterocycles. The first kappa shape index (κ1) is 14.9. The molecule has 21 heavy (non-hydrogen) atoms. The van der Waals surface area contributed by atoms with Crippen LogP contribution in [-0.2, 0) is 6.54 Å². The lowest BCUT2D eigenvalue weighted by molar-refractivity contribution is 0.214. The van der Waals surface area contributed by atoms with E-state index >= 15 is 0 Å². The molecule has 108 valence electrons. The highest BCUT2D eigenvalue weighted by atomic mass is 16.2. The number of rotatable bonds is 5. The summed E-state index contributed by atoms with van der Waals surface area (Å²) in [5.41, 5.74) is 1.99. The summed E-state index contributed by atoms with van der Waals surface area (Å²) >= 11 is 0. The number of carbonyl (C=O) groups is 1. The normalized spacial score (nSPS) is 9.95. The molecule has 2 rings (SSSR count). The molecule has 3 heteroatoms. The van der Waals surface area contributed by atoms with Crippen molar-refractivity contribution in [3.05, 3.63) is 78.9 Å². The maximum atomic E-state index is 12.6. The van der Waals surface area contributed by atoms with E-state index in [2.05, 4.69) is 6.58 Å². The topological polar surface area (TPSA) is 23.6 Å². The van der Waals surface area contributed by atoms with Crippen LogP contribution in [0.25, 0.3) is 0 Å². The number of urea groups is 1. The Hall–Kier alpha value is -2.55. The van der Waals surface area contributed by atoms with Gasteiger partial charge in [0, 0.05) is 25.8 Å². The molecule has 0 spiro atoms. The standard InChI is InChI=1S/C18H20N2O/c1-3-14-20(17-12-8-5-9-13-17)18(21)19(2)15-16-10-6-4-7-11-16/h3-13H,1,14-15H2,2H3. The minimum Gasteiger partial charge on any atom is -0.323 e. The van der Waals surface area contributed by atoms with E-state index in [1.54, 1.807) is 15.9 Å². The van der Waals surface area contributed by atoms with Gasteiger partial charge in [0.05, 0.1) is 0 Å². The molecular weight excluding hydrogens is 260 g/mol. The zero-order valence-electron chi connectivity index (χ0n) is 12.3. The molecule has 0 unspecified atom stereocenters. The Bertz CT molecular complexity index is 581. The first-order valence-electron chi connectivity index (χ1n) is 6.95. The predicted molar refractivity (Wildman–Crippen MR) is 87.3 cm³/mol. The molecule has 0 aliphatic rings. The summed E-state index contributed by atoms with van der Waals surface area (Å²) in [5.74, 6) is 0. The second-order valence-corrected chi connectivity index (χ2v) is 4.86. The van der Waals surface area contributed by atoms with Gasteiger partial charge in [0.25, 0.3) is 0 Å². The van der Waals surface area contributed by atoms with Crippen molar-refractivity contribution in [1.29, 1.82) is 0 Å². The third-order valence-corrected chi connectivity index (χ3v) is 3.20. The van der Waals surface area contributed by atoms with Crippen molar-refractivity contribution in [3.8, 4) is 0 Å². The highest BCUT2D eigenvalue weighted by Gasteiger charge is 2.18. The number of hydrogen-bond acceptors (Lipinski definition) is 1. The molecule has 0 aromatic heterocycles. The van der Waals surface area contributed by atoms with Gasteiger partial charge in [-0.3, -0.25) is 4.90 Å². The van der Waals surface area contributed by atoms with Gasteiger partial charge >= 0.3 is 6.03 Å². The van der Waals surface area contributed by atoms with E-state index in [-0.39, 0.29) is 6.03 Å². The molecule has 0 bridgehead atoms. The van der Waals surface area contributed by atoms with Crippen LogP contribution >= 0.6 is 0 Å². The fourth-order valence-corrected chi connectivity index (χ4v) is 2.16. The molecule has 0 aliphatic heterocycles. The van der Waals surface area contributed by atoms with Gasteiger partial charge in [-0.05, 0) is 17.7 Å². The number of nitrogens with zero attached hydrogens (tertiary/aromatic N) is 2. The number of hydrogen-bond donors (Lipinski definition) is 0. The Morgan fingerprint density at radius 3 is 2.19 bits per heavy atom. The van der Waals surface area contributed by atoms with E-state index in [0.717, 1.165) is 11.3 Å². The molecule has 0 atom stereocenters. The minimum absolute atomic E-state index is 0.0371. The highest BCUT2D eigenvalue weighted by Crippen LogP contribution is 2.16.